The maximum Gasteiger partial charge on any atom is 0.265 e. The van der Waals surface area contributed by atoms with Gasteiger partial charge < -0.3 is 0 Å². The Labute approximate surface area is 112 Å². The van der Waals surface area contributed by atoms with Crippen molar-refractivity contribution in [2.24, 2.45) is 0 Å². The first kappa shape index (κ1) is 13.6. The Morgan fingerprint density at radius 1 is 1.42 bits per heavy atom. The summed E-state index contributed by atoms with van der Waals surface area (Å²) in [7, 11) is -3.96. The fourth-order valence-corrected chi connectivity index (χ4v) is 3.17. The van der Waals surface area contributed by atoms with Crippen LogP contribution in [0.2, 0.25) is 0 Å². The zero-order valence-electron chi connectivity index (χ0n) is 9.62. The monoisotopic (exact) mass is 301 g/mol. The van der Waals surface area contributed by atoms with Gasteiger partial charge in [-0.25, -0.2) is 17.8 Å². The molecular formula is C10H8FN3O3S2. The van der Waals surface area contributed by atoms with Crippen molar-refractivity contribution in [2.75, 3.05) is 4.72 Å². The lowest BCUT2D eigenvalue weighted by Gasteiger charge is -2.04. The van der Waals surface area contributed by atoms with Gasteiger partial charge in [0.25, 0.3) is 10.0 Å². The number of Topliss-reactive ketones (excluding diaryl/α,β-unsaturated/α-hetero) is 1. The molecule has 0 spiro atoms. The van der Waals surface area contributed by atoms with Crippen LogP contribution in [0.3, 0.4) is 0 Å². The molecule has 0 unspecified atom stereocenters. The van der Waals surface area contributed by atoms with E-state index in [1.807, 2.05) is 0 Å². The van der Waals surface area contributed by atoms with Gasteiger partial charge in [0, 0.05) is 18.5 Å². The molecule has 0 aliphatic rings. The summed E-state index contributed by atoms with van der Waals surface area (Å²) in [6.45, 7) is 1.32. The molecule has 2 aromatic rings. The summed E-state index contributed by atoms with van der Waals surface area (Å²) in [6, 6.07) is 0.842. The van der Waals surface area contributed by atoms with E-state index in [2.05, 4.69) is 14.7 Å². The standard InChI is InChI=1S/C10H8FN3O3S2/c1-6(15)9-5-18-10(13-9)14-19(16,17)8-2-7(11)3-12-4-8/h2-5H,1H3,(H,13,14). The highest BCUT2D eigenvalue weighted by Crippen LogP contribution is 2.20. The number of pyridine rings is 1. The van der Waals surface area contributed by atoms with E-state index >= 15 is 0 Å². The van der Waals surface area contributed by atoms with Gasteiger partial charge in [-0.3, -0.25) is 14.5 Å². The lowest BCUT2D eigenvalue weighted by atomic mass is 10.4. The number of nitrogens with zero attached hydrogens (tertiary/aromatic N) is 2. The van der Waals surface area contributed by atoms with Crippen LogP contribution in [0.1, 0.15) is 17.4 Å². The van der Waals surface area contributed by atoms with Gasteiger partial charge in [0.2, 0.25) is 0 Å². The third-order valence-electron chi connectivity index (χ3n) is 2.08. The molecule has 0 aromatic carbocycles. The Hall–Kier alpha value is -1.87. The Morgan fingerprint density at radius 3 is 2.74 bits per heavy atom. The summed E-state index contributed by atoms with van der Waals surface area (Å²) in [5.41, 5.74) is 0.167. The highest BCUT2D eigenvalue weighted by molar-refractivity contribution is 7.93. The first-order valence-electron chi connectivity index (χ1n) is 4.98. The minimum Gasteiger partial charge on any atom is -0.293 e. The number of aromatic nitrogens is 2. The van der Waals surface area contributed by atoms with Crippen LogP contribution in [0.4, 0.5) is 9.52 Å². The Kier molecular flexibility index (Phi) is 3.58. The van der Waals surface area contributed by atoms with Crippen molar-refractivity contribution in [3.63, 3.8) is 0 Å². The molecule has 0 aliphatic carbocycles. The number of anilines is 1. The van der Waals surface area contributed by atoms with Gasteiger partial charge in [-0.2, -0.15) is 0 Å². The van der Waals surface area contributed by atoms with E-state index in [1.54, 1.807) is 0 Å². The molecule has 100 valence electrons. The predicted octanol–water partition coefficient (Wildman–Crippen LogP) is 1.68. The third-order valence-corrected chi connectivity index (χ3v) is 4.27. The molecule has 2 rings (SSSR count). The van der Waals surface area contributed by atoms with Crippen molar-refractivity contribution in [3.05, 3.63) is 35.4 Å². The average molecular weight is 301 g/mol. The van der Waals surface area contributed by atoms with E-state index in [-0.39, 0.29) is 21.5 Å². The molecular weight excluding hydrogens is 293 g/mol. The number of hydrogen-bond donors (Lipinski definition) is 1. The molecule has 0 fully saturated rings. The second kappa shape index (κ2) is 5.02. The fourth-order valence-electron chi connectivity index (χ4n) is 1.20. The summed E-state index contributed by atoms with van der Waals surface area (Å²) in [4.78, 5) is 18.0. The van der Waals surface area contributed by atoms with Crippen molar-refractivity contribution in [2.45, 2.75) is 11.8 Å². The highest BCUT2D eigenvalue weighted by atomic mass is 32.2. The smallest absolute Gasteiger partial charge is 0.265 e. The lowest BCUT2D eigenvalue weighted by Crippen LogP contribution is -2.13. The Bertz CT molecular complexity index is 727. The van der Waals surface area contributed by atoms with Crippen molar-refractivity contribution in [1.82, 2.24) is 9.97 Å². The molecule has 2 aromatic heterocycles. The summed E-state index contributed by atoms with van der Waals surface area (Å²) in [6.07, 6.45) is 1.92. The largest absolute Gasteiger partial charge is 0.293 e. The molecule has 1 N–H and O–H groups in total. The number of hydrogen-bond acceptors (Lipinski definition) is 6. The molecule has 0 saturated carbocycles. The maximum atomic E-state index is 12.9. The number of rotatable bonds is 4. The van der Waals surface area contributed by atoms with Gasteiger partial charge in [-0.15, -0.1) is 11.3 Å². The molecule has 0 radical (unpaired) electrons. The van der Waals surface area contributed by atoms with Gasteiger partial charge in [-0.05, 0) is 6.07 Å². The number of carbonyl (C=O) groups is 1. The van der Waals surface area contributed by atoms with Crippen LogP contribution in [0.25, 0.3) is 0 Å². The van der Waals surface area contributed by atoms with Crippen LogP contribution < -0.4 is 4.72 Å². The molecule has 2 heterocycles. The number of halogens is 1. The molecule has 9 heteroatoms. The first-order chi connectivity index (χ1) is 8.88. The van der Waals surface area contributed by atoms with Crippen LogP contribution in [0, 0.1) is 5.82 Å². The van der Waals surface area contributed by atoms with Crippen LogP contribution in [0.5, 0.6) is 0 Å². The second-order valence-electron chi connectivity index (χ2n) is 3.54. The lowest BCUT2D eigenvalue weighted by molar-refractivity contribution is 0.101. The molecule has 0 saturated heterocycles. The van der Waals surface area contributed by atoms with Gasteiger partial charge >= 0.3 is 0 Å². The maximum absolute atomic E-state index is 12.9. The summed E-state index contributed by atoms with van der Waals surface area (Å²) >= 11 is 0.967. The normalized spacial score (nSPS) is 11.3. The molecule has 0 bridgehead atoms. The van der Waals surface area contributed by atoms with Gasteiger partial charge in [0.05, 0.1) is 6.20 Å². The van der Waals surface area contributed by atoms with Gasteiger partial charge in [-0.1, -0.05) is 0 Å². The minimum atomic E-state index is -3.96. The van der Waals surface area contributed by atoms with Crippen molar-refractivity contribution < 1.29 is 17.6 Å². The number of carbonyl (C=O) groups excluding carboxylic acids is 1. The van der Waals surface area contributed by atoms with E-state index in [0.29, 0.717) is 0 Å². The summed E-state index contributed by atoms with van der Waals surface area (Å²) < 4.78 is 38.9. The van der Waals surface area contributed by atoms with E-state index in [9.17, 15) is 17.6 Å². The van der Waals surface area contributed by atoms with Crippen molar-refractivity contribution in [1.29, 1.82) is 0 Å². The highest BCUT2D eigenvalue weighted by Gasteiger charge is 2.18. The quantitative estimate of drug-likeness (QED) is 0.868. The molecule has 0 amide bonds. The zero-order valence-corrected chi connectivity index (χ0v) is 11.3. The van der Waals surface area contributed by atoms with Crippen molar-refractivity contribution >= 4 is 32.3 Å². The Morgan fingerprint density at radius 2 is 2.16 bits per heavy atom. The third kappa shape index (κ3) is 3.12. The SMILES string of the molecule is CC(=O)c1csc(NS(=O)(=O)c2cncc(F)c2)n1. The fraction of sp³-hybridized carbons (Fsp3) is 0.100. The van der Waals surface area contributed by atoms with E-state index in [1.165, 1.54) is 12.3 Å². The number of nitrogens with one attached hydrogen (secondary N) is 1. The van der Waals surface area contributed by atoms with Gasteiger partial charge in [0.1, 0.15) is 16.4 Å². The van der Waals surface area contributed by atoms with Gasteiger partial charge in [0.15, 0.2) is 10.9 Å². The van der Waals surface area contributed by atoms with E-state index < -0.39 is 15.8 Å². The minimum absolute atomic E-state index is 0.0365. The second-order valence-corrected chi connectivity index (χ2v) is 6.08. The van der Waals surface area contributed by atoms with Crippen LogP contribution in [-0.4, -0.2) is 24.2 Å². The number of sulfonamides is 1. The first-order valence-corrected chi connectivity index (χ1v) is 7.34. The summed E-state index contributed by atoms with van der Waals surface area (Å²) in [5.74, 6) is -1.03. The zero-order chi connectivity index (χ0) is 14.0. The van der Waals surface area contributed by atoms with E-state index in [4.69, 9.17) is 0 Å². The molecule has 6 nitrogen and oxygen atoms in total. The van der Waals surface area contributed by atoms with Crippen LogP contribution in [-0.2, 0) is 10.0 Å². The summed E-state index contributed by atoms with van der Waals surface area (Å²) in [5, 5.41) is 1.47. The topological polar surface area (TPSA) is 89.0 Å². The van der Waals surface area contributed by atoms with E-state index in [0.717, 1.165) is 29.8 Å². The number of thiazole rings is 1. The number of ketones is 1. The van der Waals surface area contributed by atoms with Crippen molar-refractivity contribution in [3.8, 4) is 0 Å². The van der Waals surface area contributed by atoms with Crippen LogP contribution >= 0.6 is 11.3 Å². The Balaban J connectivity index is 2.28. The average Bonchev–Trinajstić information content (AvgIpc) is 2.77. The molecule has 0 aliphatic heterocycles. The molecule has 0 atom stereocenters. The van der Waals surface area contributed by atoms with Crippen LogP contribution in [0.15, 0.2) is 28.7 Å². The molecule has 19 heavy (non-hydrogen) atoms. The predicted molar refractivity (Wildman–Crippen MR) is 67.1 cm³/mol.